The van der Waals surface area contributed by atoms with Crippen LogP contribution < -0.4 is 5.32 Å². The summed E-state index contributed by atoms with van der Waals surface area (Å²) in [7, 11) is 0. The van der Waals surface area contributed by atoms with Crippen LogP contribution in [0.15, 0.2) is 24.3 Å². The molecule has 0 bridgehead atoms. The second kappa shape index (κ2) is 7.01. The van der Waals surface area contributed by atoms with Crippen LogP contribution >= 0.6 is 0 Å². The van der Waals surface area contributed by atoms with Gasteiger partial charge >= 0.3 is 0 Å². The Morgan fingerprint density at radius 1 is 1.21 bits per heavy atom. The molecule has 2 unspecified atom stereocenters. The molecule has 1 fully saturated rings. The Morgan fingerprint density at radius 3 is 2.53 bits per heavy atom. The molecule has 1 aliphatic heterocycles. The van der Waals surface area contributed by atoms with Gasteiger partial charge in [0.15, 0.2) is 0 Å². The minimum atomic E-state index is -0.129. The molecule has 0 aromatic heterocycles. The van der Waals surface area contributed by atoms with E-state index < -0.39 is 0 Å². The normalized spacial score (nSPS) is 25.8. The van der Waals surface area contributed by atoms with Crippen LogP contribution in [0, 0.1) is 17.7 Å². The third-order valence-electron chi connectivity index (χ3n) is 3.73. The van der Waals surface area contributed by atoms with E-state index in [0.717, 1.165) is 44.7 Å². The highest BCUT2D eigenvalue weighted by Gasteiger charge is 2.16. The van der Waals surface area contributed by atoms with Gasteiger partial charge in [-0.1, -0.05) is 26.0 Å². The molecule has 0 saturated carbocycles. The standard InChI is InChI=1S/C16H25FN2/c1-13-9-18-10-14(2)12-19(11-13)7-6-15-4-3-5-16(17)8-15/h3-5,8,13-14,18H,6-7,9-12H2,1-2H3. The molecule has 0 spiro atoms. The average molecular weight is 264 g/mol. The molecular formula is C16H25FN2. The lowest BCUT2D eigenvalue weighted by molar-refractivity contribution is 0.187. The van der Waals surface area contributed by atoms with Gasteiger partial charge in [0.2, 0.25) is 0 Å². The number of hydrogen-bond acceptors (Lipinski definition) is 2. The van der Waals surface area contributed by atoms with Gasteiger partial charge in [0.1, 0.15) is 5.82 Å². The molecule has 0 aliphatic carbocycles. The van der Waals surface area contributed by atoms with Crippen LogP contribution in [-0.4, -0.2) is 37.6 Å². The first-order valence-corrected chi connectivity index (χ1v) is 7.31. The number of benzene rings is 1. The van der Waals surface area contributed by atoms with Gasteiger partial charge in [0, 0.05) is 19.6 Å². The van der Waals surface area contributed by atoms with Gasteiger partial charge in [0.25, 0.3) is 0 Å². The molecular weight excluding hydrogens is 239 g/mol. The molecule has 1 N–H and O–H groups in total. The zero-order valence-corrected chi connectivity index (χ0v) is 12.0. The monoisotopic (exact) mass is 264 g/mol. The molecule has 0 amide bonds. The van der Waals surface area contributed by atoms with Gasteiger partial charge in [0.05, 0.1) is 0 Å². The van der Waals surface area contributed by atoms with Crippen molar-refractivity contribution in [3.8, 4) is 0 Å². The Kier molecular flexibility index (Phi) is 5.34. The Morgan fingerprint density at radius 2 is 1.89 bits per heavy atom. The summed E-state index contributed by atoms with van der Waals surface area (Å²) >= 11 is 0. The van der Waals surface area contributed by atoms with E-state index >= 15 is 0 Å². The van der Waals surface area contributed by atoms with Gasteiger partial charge in [-0.05, 0) is 49.0 Å². The summed E-state index contributed by atoms with van der Waals surface area (Å²) in [6.45, 7) is 10.1. The molecule has 2 nitrogen and oxygen atoms in total. The van der Waals surface area contributed by atoms with Crippen molar-refractivity contribution in [2.75, 3.05) is 32.7 Å². The number of nitrogens with zero attached hydrogens (tertiary/aromatic N) is 1. The molecule has 0 radical (unpaired) electrons. The van der Waals surface area contributed by atoms with Crippen molar-refractivity contribution in [1.29, 1.82) is 0 Å². The fourth-order valence-corrected chi connectivity index (χ4v) is 2.82. The molecule has 1 aromatic carbocycles. The zero-order valence-electron chi connectivity index (χ0n) is 12.0. The van der Waals surface area contributed by atoms with Gasteiger partial charge in [-0.2, -0.15) is 0 Å². The fourth-order valence-electron chi connectivity index (χ4n) is 2.82. The molecule has 19 heavy (non-hydrogen) atoms. The summed E-state index contributed by atoms with van der Waals surface area (Å²) in [4.78, 5) is 2.53. The maximum atomic E-state index is 13.2. The lowest BCUT2D eigenvalue weighted by atomic mass is 10.0. The Hall–Kier alpha value is -0.930. The zero-order chi connectivity index (χ0) is 13.7. The second-order valence-corrected chi connectivity index (χ2v) is 6.01. The fraction of sp³-hybridized carbons (Fsp3) is 0.625. The van der Waals surface area contributed by atoms with Crippen LogP contribution in [0.4, 0.5) is 4.39 Å². The Labute approximate surface area is 116 Å². The molecule has 1 aromatic rings. The third-order valence-corrected chi connectivity index (χ3v) is 3.73. The average Bonchev–Trinajstić information content (AvgIpc) is 2.34. The van der Waals surface area contributed by atoms with Gasteiger partial charge in [-0.25, -0.2) is 4.39 Å². The van der Waals surface area contributed by atoms with Gasteiger partial charge in [-0.15, -0.1) is 0 Å². The van der Waals surface area contributed by atoms with Crippen molar-refractivity contribution >= 4 is 0 Å². The van der Waals surface area contributed by atoms with Crippen LogP contribution in [0.2, 0.25) is 0 Å². The predicted octanol–water partition coefficient (Wildman–Crippen LogP) is 2.55. The third kappa shape index (κ3) is 4.92. The van der Waals surface area contributed by atoms with Crippen LogP contribution in [-0.2, 0) is 6.42 Å². The predicted molar refractivity (Wildman–Crippen MR) is 77.7 cm³/mol. The quantitative estimate of drug-likeness (QED) is 0.902. The Bertz CT molecular complexity index is 382. The second-order valence-electron chi connectivity index (χ2n) is 6.01. The lowest BCUT2D eigenvalue weighted by Crippen LogP contribution is -2.43. The van der Waals surface area contributed by atoms with E-state index in [2.05, 4.69) is 24.1 Å². The molecule has 3 heteroatoms. The molecule has 1 saturated heterocycles. The number of nitrogens with one attached hydrogen (secondary N) is 1. The summed E-state index contributed by atoms with van der Waals surface area (Å²) in [5.41, 5.74) is 1.10. The van der Waals surface area contributed by atoms with Gasteiger partial charge in [-0.3, -0.25) is 0 Å². The van der Waals surface area contributed by atoms with Gasteiger partial charge < -0.3 is 10.2 Å². The molecule has 2 rings (SSSR count). The van der Waals surface area contributed by atoms with E-state index in [9.17, 15) is 4.39 Å². The summed E-state index contributed by atoms with van der Waals surface area (Å²) < 4.78 is 13.2. The SMILES string of the molecule is CC1CNCC(C)CN(CCc2cccc(F)c2)C1. The molecule has 106 valence electrons. The highest BCUT2D eigenvalue weighted by atomic mass is 19.1. The summed E-state index contributed by atoms with van der Waals surface area (Å²) in [5, 5.41) is 3.51. The molecule has 1 heterocycles. The maximum absolute atomic E-state index is 13.2. The van der Waals surface area contributed by atoms with E-state index in [-0.39, 0.29) is 5.82 Å². The van der Waals surface area contributed by atoms with E-state index in [0.29, 0.717) is 11.8 Å². The summed E-state index contributed by atoms with van der Waals surface area (Å²) in [6, 6.07) is 6.97. The first-order chi connectivity index (χ1) is 9.13. The highest BCUT2D eigenvalue weighted by Crippen LogP contribution is 2.10. The van der Waals surface area contributed by atoms with Crippen molar-refractivity contribution in [2.45, 2.75) is 20.3 Å². The number of rotatable bonds is 3. The number of halogens is 1. The molecule has 1 aliphatic rings. The van der Waals surface area contributed by atoms with Crippen molar-refractivity contribution < 1.29 is 4.39 Å². The van der Waals surface area contributed by atoms with Crippen molar-refractivity contribution in [1.82, 2.24) is 10.2 Å². The first-order valence-electron chi connectivity index (χ1n) is 7.31. The van der Waals surface area contributed by atoms with Crippen LogP contribution in [0.3, 0.4) is 0 Å². The summed E-state index contributed by atoms with van der Waals surface area (Å²) in [5.74, 6) is 1.23. The van der Waals surface area contributed by atoms with E-state index in [1.54, 1.807) is 12.1 Å². The largest absolute Gasteiger partial charge is 0.316 e. The maximum Gasteiger partial charge on any atom is 0.123 e. The minimum absolute atomic E-state index is 0.129. The highest BCUT2D eigenvalue weighted by molar-refractivity contribution is 5.16. The minimum Gasteiger partial charge on any atom is -0.316 e. The van der Waals surface area contributed by atoms with E-state index in [1.807, 2.05) is 6.07 Å². The van der Waals surface area contributed by atoms with Crippen molar-refractivity contribution in [3.05, 3.63) is 35.6 Å². The topological polar surface area (TPSA) is 15.3 Å². The number of hydrogen-bond donors (Lipinski definition) is 1. The van der Waals surface area contributed by atoms with E-state index in [4.69, 9.17) is 0 Å². The van der Waals surface area contributed by atoms with Crippen molar-refractivity contribution in [3.63, 3.8) is 0 Å². The lowest BCUT2D eigenvalue weighted by Gasteiger charge is -2.31. The molecule has 2 atom stereocenters. The Balaban J connectivity index is 1.88. The first kappa shape index (κ1) is 14.5. The smallest absolute Gasteiger partial charge is 0.123 e. The summed E-state index contributed by atoms with van der Waals surface area (Å²) in [6.07, 6.45) is 0.935. The van der Waals surface area contributed by atoms with Crippen LogP contribution in [0.5, 0.6) is 0 Å². The van der Waals surface area contributed by atoms with Crippen LogP contribution in [0.1, 0.15) is 19.4 Å². The van der Waals surface area contributed by atoms with E-state index in [1.165, 1.54) is 6.07 Å². The van der Waals surface area contributed by atoms with Crippen LogP contribution in [0.25, 0.3) is 0 Å². The van der Waals surface area contributed by atoms with Crippen molar-refractivity contribution in [2.24, 2.45) is 11.8 Å².